The number of carbonyl (C=O) groups is 2. The Labute approximate surface area is 221 Å². The highest BCUT2D eigenvalue weighted by molar-refractivity contribution is 6.35. The molecule has 2 N–H and O–H groups in total. The minimum atomic E-state index is -0.784. The monoisotopic (exact) mass is 540 g/mol. The van der Waals surface area contributed by atoms with Crippen LogP contribution in [0, 0.1) is 0 Å². The summed E-state index contributed by atoms with van der Waals surface area (Å²) in [6.45, 7) is -0.822. The number of hydrogen-bond donors (Lipinski definition) is 2. The van der Waals surface area contributed by atoms with Crippen LogP contribution in [-0.2, 0) is 29.2 Å². The molecule has 9 nitrogen and oxygen atoms in total. The molecule has 4 rings (SSSR count). The Balaban J connectivity index is 1.58. The fourth-order valence-corrected chi connectivity index (χ4v) is 4.22. The summed E-state index contributed by atoms with van der Waals surface area (Å²) in [7, 11) is 1.53. The van der Waals surface area contributed by atoms with Crippen LogP contribution in [0.5, 0.6) is 5.75 Å². The Kier molecular flexibility index (Phi) is 7.95. The number of aromatic nitrogens is 2. The molecule has 0 saturated heterocycles. The van der Waals surface area contributed by atoms with E-state index in [-0.39, 0.29) is 24.0 Å². The number of methoxy groups -OCH3 is 1. The summed E-state index contributed by atoms with van der Waals surface area (Å²) in [5.74, 6) is -0.428. The molecule has 3 aromatic carbocycles. The van der Waals surface area contributed by atoms with Gasteiger partial charge in [0.05, 0.1) is 18.0 Å². The molecule has 37 heavy (non-hydrogen) atoms. The molecule has 0 aliphatic carbocycles. The number of nitrogens with one attached hydrogen (secondary N) is 2. The van der Waals surface area contributed by atoms with Crippen molar-refractivity contribution in [1.82, 2.24) is 14.5 Å². The number of fused-ring (bicyclic) bond motifs is 1. The summed E-state index contributed by atoms with van der Waals surface area (Å²) in [6.07, 6.45) is 0. The molecule has 0 fully saturated rings. The van der Waals surface area contributed by atoms with E-state index in [1.54, 1.807) is 60.7 Å². The molecule has 1 heterocycles. The maximum absolute atomic E-state index is 13.3. The molecule has 0 saturated carbocycles. The van der Waals surface area contributed by atoms with Gasteiger partial charge < -0.3 is 15.4 Å². The van der Waals surface area contributed by atoms with Crippen LogP contribution in [0.2, 0.25) is 10.0 Å². The Morgan fingerprint density at radius 2 is 1.59 bits per heavy atom. The molecular formula is C26H22Cl2N4O5. The second-order valence-electron chi connectivity index (χ2n) is 8.07. The largest absolute Gasteiger partial charge is 0.497 e. The summed E-state index contributed by atoms with van der Waals surface area (Å²) in [4.78, 5) is 51.8. The number of ether oxygens (including phenoxy) is 1. The molecule has 2 amide bonds. The highest BCUT2D eigenvalue weighted by Gasteiger charge is 2.17. The number of anilines is 1. The normalized spacial score (nSPS) is 10.8. The van der Waals surface area contributed by atoms with Gasteiger partial charge in [0.2, 0.25) is 11.8 Å². The molecule has 190 valence electrons. The van der Waals surface area contributed by atoms with Crippen LogP contribution < -0.4 is 26.6 Å². The van der Waals surface area contributed by atoms with Gasteiger partial charge in [0.1, 0.15) is 18.8 Å². The van der Waals surface area contributed by atoms with E-state index in [2.05, 4.69) is 10.6 Å². The summed E-state index contributed by atoms with van der Waals surface area (Å²) < 4.78 is 7.08. The van der Waals surface area contributed by atoms with E-state index in [1.165, 1.54) is 17.7 Å². The minimum absolute atomic E-state index is 0.0790. The molecule has 0 spiro atoms. The number of amides is 2. The smallest absolute Gasteiger partial charge is 0.332 e. The van der Waals surface area contributed by atoms with Crippen molar-refractivity contribution in [2.24, 2.45) is 0 Å². The number of benzene rings is 3. The summed E-state index contributed by atoms with van der Waals surface area (Å²) in [5.41, 5.74) is 0.00179. The third-order valence-electron chi connectivity index (χ3n) is 5.60. The fourth-order valence-electron chi connectivity index (χ4n) is 3.74. The lowest BCUT2D eigenvalue weighted by atomic mass is 10.2. The van der Waals surface area contributed by atoms with E-state index in [4.69, 9.17) is 27.9 Å². The van der Waals surface area contributed by atoms with Crippen LogP contribution >= 0.6 is 23.2 Å². The summed E-state index contributed by atoms with van der Waals surface area (Å²) in [6, 6.07) is 18.0. The van der Waals surface area contributed by atoms with Gasteiger partial charge in [0, 0.05) is 22.3 Å². The first-order valence-electron chi connectivity index (χ1n) is 11.1. The fraction of sp³-hybridized carbons (Fsp3) is 0.154. The van der Waals surface area contributed by atoms with E-state index >= 15 is 0 Å². The van der Waals surface area contributed by atoms with Gasteiger partial charge in [-0.1, -0.05) is 41.4 Å². The summed E-state index contributed by atoms with van der Waals surface area (Å²) >= 11 is 12.0. The number of hydrogen-bond acceptors (Lipinski definition) is 5. The predicted molar refractivity (Wildman–Crippen MR) is 142 cm³/mol. The second kappa shape index (κ2) is 11.3. The molecule has 11 heteroatoms. The maximum atomic E-state index is 13.3. The van der Waals surface area contributed by atoms with Crippen molar-refractivity contribution in [2.75, 3.05) is 12.4 Å². The SMILES string of the molecule is COc1ccc(NC(=O)Cn2c(=O)n(CC(=O)NCc3ccc(Cl)cc3Cl)c(=O)c3ccccc32)cc1. The van der Waals surface area contributed by atoms with Crippen molar-refractivity contribution >= 4 is 51.6 Å². The first-order valence-corrected chi connectivity index (χ1v) is 11.9. The summed E-state index contributed by atoms with van der Waals surface area (Å²) in [5, 5.41) is 6.40. The third-order valence-corrected chi connectivity index (χ3v) is 6.19. The van der Waals surface area contributed by atoms with E-state index in [1.807, 2.05) is 0 Å². The Hall–Kier alpha value is -4.08. The average Bonchev–Trinajstić information content (AvgIpc) is 2.89. The number of para-hydroxylation sites is 1. The molecule has 0 aliphatic heterocycles. The van der Waals surface area contributed by atoms with E-state index in [0.29, 0.717) is 27.0 Å². The highest BCUT2D eigenvalue weighted by atomic mass is 35.5. The van der Waals surface area contributed by atoms with Crippen molar-refractivity contribution in [3.05, 3.63) is 103 Å². The molecule has 0 bridgehead atoms. The van der Waals surface area contributed by atoms with Gasteiger partial charge in [-0.05, 0) is 54.1 Å². The first-order chi connectivity index (χ1) is 17.8. The van der Waals surface area contributed by atoms with Gasteiger partial charge in [-0.25, -0.2) is 4.79 Å². The molecule has 0 atom stereocenters. The molecule has 0 unspecified atom stereocenters. The molecule has 4 aromatic rings. The maximum Gasteiger partial charge on any atom is 0.332 e. The quantitative estimate of drug-likeness (QED) is 0.355. The lowest BCUT2D eigenvalue weighted by Crippen LogP contribution is -2.44. The van der Waals surface area contributed by atoms with Crippen LogP contribution in [0.4, 0.5) is 5.69 Å². The van der Waals surface area contributed by atoms with Crippen molar-refractivity contribution < 1.29 is 14.3 Å². The topological polar surface area (TPSA) is 111 Å². The predicted octanol–water partition coefficient (Wildman–Crippen LogP) is 3.43. The standard InChI is InChI=1S/C26H22Cl2N4O5/c1-37-19-10-8-18(9-11-19)30-24(34)15-31-22-5-3-2-4-20(22)25(35)32(26(31)36)14-23(33)29-13-16-6-7-17(27)12-21(16)28/h2-12H,13-15H2,1H3,(H,29,33)(H,30,34). The highest BCUT2D eigenvalue weighted by Crippen LogP contribution is 2.20. The van der Waals surface area contributed by atoms with Gasteiger partial charge in [-0.3, -0.25) is 23.5 Å². The number of carbonyl (C=O) groups excluding carboxylic acids is 2. The first kappa shape index (κ1) is 26.0. The number of rotatable bonds is 8. The molecule has 1 aromatic heterocycles. The zero-order valence-corrected chi connectivity index (χ0v) is 21.2. The van der Waals surface area contributed by atoms with Gasteiger partial charge in [-0.15, -0.1) is 0 Å². The zero-order chi connectivity index (χ0) is 26.5. The molecule has 0 aliphatic rings. The molecular weight excluding hydrogens is 519 g/mol. The van der Waals surface area contributed by atoms with Crippen LogP contribution in [0.3, 0.4) is 0 Å². The van der Waals surface area contributed by atoms with Gasteiger partial charge in [0.15, 0.2) is 0 Å². The van der Waals surface area contributed by atoms with Gasteiger partial charge in [0.25, 0.3) is 5.56 Å². The third kappa shape index (κ3) is 6.02. The Morgan fingerprint density at radius 3 is 2.30 bits per heavy atom. The number of nitrogens with zero attached hydrogens (tertiary/aromatic N) is 2. The Bertz CT molecular complexity index is 1600. The zero-order valence-electron chi connectivity index (χ0n) is 19.7. The second-order valence-corrected chi connectivity index (χ2v) is 8.91. The van der Waals surface area contributed by atoms with Crippen LogP contribution in [-0.4, -0.2) is 28.1 Å². The average molecular weight is 541 g/mol. The Morgan fingerprint density at radius 1 is 0.892 bits per heavy atom. The van der Waals surface area contributed by atoms with Crippen molar-refractivity contribution in [3.8, 4) is 5.75 Å². The molecule has 0 radical (unpaired) electrons. The van der Waals surface area contributed by atoms with Crippen LogP contribution in [0.1, 0.15) is 5.56 Å². The van der Waals surface area contributed by atoms with Gasteiger partial charge in [-0.2, -0.15) is 0 Å². The van der Waals surface area contributed by atoms with Gasteiger partial charge >= 0.3 is 5.69 Å². The van der Waals surface area contributed by atoms with E-state index in [9.17, 15) is 19.2 Å². The van der Waals surface area contributed by atoms with E-state index < -0.39 is 29.6 Å². The van der Waals surface area contributed by atoms with E-state index in [0.717, 1.165) is 4.57 Å². The minimum Gasteiger partial charge on any atom is -0.497 e. The van der Waals surface area contributed by atoms with Crippen molar-refractivity contribution in [1.29, 1.82) is 0 Å². The number of halogens is 2. The van der Waals surface area contributed by atoms with Crippen LogP contribution in [0.25, 0.3) is 10.9 Å². The van der Waals surface area contributed by atoms with Crippen molar-refractivity contribution in [2.45, 2.75) is 19.6 Å². The van der Waals surface area contributed by atoms with Crippen LogP contribution in [0.15, 0.2) is 76.3 Å². The van der Waals surface area contributed by atoms with Crippen molar-refractivity contribution in [3.63, 3.8) is 0 Å². The lowest BCUT2D eigenvalue weighted by molar-refractivity contribution is -0.122. The lowest BCUT2D eigenvalue weighted by Gasteiger charge is -2.14.